The van der Waals surface area contributed by atoms with Crippen LogP contribution >= 0.6 is 11.6 Å². The van der Waals surface area contributed by atoms with E-state index in [9.17, 15) is 13.2 Å². The molecular weight excluding hydrogens is 392 g/mol. The van der Waals surface area contributed by atoms with E-state index in [2.05, 4.69) is 10.0 Å². The van der Waals surface area contributed by atoms with Gasteiger partial charge in [0.05, 0.1) is 25.9 Å². The van der Waals surface area contributed by atoms with Gasteiger partial charge in [-0.15, -0.1) is 0 Å². The summed E-state index contributed by atoms with van der Waals surface area (Å²) in [6, 6.07) is 8.46. The molecule has 0 aromatic heterocycles. The number of nitrogens with one attached hydrogen (secondary N) is 2. The first kappa shape index (κ1) is 21.0. The van der Waals surface area contributed by atoms with Crippen molar-refractivity contribution in [3.63, 3.8) is 0 Å². The summed E-state index contributed by atoms with van der Waals surface area (Å²) in [5.41, 5.74) is 1.09. The van der Waals surface area contributed by atoms with Crippen molar-refractivity contribution in [1.82, 2.24) is 4.72 Å². The molecule has 146 valence electrons. The Morgan fingerprint density at radius 3 is 2.33 bits per heavy atom. The van der Waals surface area contributed by atoms with Crippen molar-refractivity contribution in [1.29, 1.82) is 0 Å². The maximum atomic E-state index is 12.7. The predicted molar refractivity (Wildman–Crippen MR) is 104 cm³/mol. The minimum Gasteiger partial charge on any atom is -0.495 e. The quantitative estimate of drug-likeness (QED) is 0.729. The fourth-order valence-corrected chi connectivity index (χ4v) is 3.99. The fourth-order valence-electron chi connectivity index (χ4n) is 2.36. The molecule has 1 amide bonds. The van der Waals surface area contributed by atoms with Crippen LogP contribution in [0.2, 0.25) is 5.02 Å². The first-order valence-corrected chi connectivity index (χ1v) is 9.85. The molecule has 1 atom stereocenters. The molecule has 0 fully saturated rings. The molecule has 0 saturated carbocycles. The highest BCUT2D eigenvalue weighted by molar-refractivity contribution is 7.89. The van der Waals surface area contributed by atoms with E-state index in [0.717, 1.165) is 5.56 Å². The van der Waals surface area contributed by atoms with E-state index in [-0.39, 0.29) is 10.6 Å². The number of hydrogen-bond acceptors (Lipinski definition) is 5. The van der Waals surface area contributed by atoms with Crippen molar-refractivity contribution in [2.45, 2.75) is 24.8 Å². The number of amides is 1. The fraction of sp³-hybridized carbons (Fsp3) is 0.278. The number of benzene rings is 2. The second kappa shape index (κ2) is 8.60. The largest absolute Gasteiger partial charge is 0.495 e. The molecular formula is C18H21ClN2O5S. The van der Waals surface area contributed by atoms with Gasteiger partial charge in [0.1, 0.15) is 16.4 Å². The molecule has 0 bridgehead atoms. The summed E-state index contributed by atoms with van der Waals surface area (Å²) in [6.07, 6.45) is 0. The Hall–Kier alpha value is -2.29. The van der Waals surface area contributed by atoms with E-state index in [1.54, 1.807) is 31.2 Å². The van der Waals surface area contributed by atoms with E-state index >= 15 is 0 Å². The average molecular weight is 413 g/mol. The summed E-state index contributed by atoms with van der Waals surface area (Å²) in [5, 5.41) is 3.02. The Bertz CT molecular complexity index is 947. The van der Waals surface area contributed by atoms with Gasteiger partial charge in [-0.05, 0) is 49.7 Å². The molecule has 0 aliphatic heterocycles. The highest BCUT2D eigenvalue weighted by atomic mass is 35.5. The van der Waals surface area contributed by atoms with Crippen LogP contribution in [0.5, 0.6) is 11.5 Å². The monoisotopic (exact) mass is 412 g/mol. The zero-order valence-electron chi connectivity index (χ0n) is 15.4. The van der Waals surface area contributed by atoms with Crippen molar-refractivity contribution in [3.05, 3.63) is 47.0 Å². The van der Waals surface area contributed by atoms with E-state index in [4.69, 9.17) is 21.1 Å². The van der Waals surface area contributed by atoms with Crippen LogP contribution in [0.25, 0.3) is 0 Å². The lowest BCUT2D eigenvalue weighted by molar-refractivity contribution is -0.117. The number of methoxy groups -OCH3 is 2. The van der Waals surface area contributed by atoms with Gasteiger partial charge >= 0.3 is 0 Å². The van der Waals surface area contributed by atoms with Crippen LogP contribution in [0.1, 0.15) is 12.5 Å². The molecule has 0 aliphatic rings. The zero-order chi connectivity index (χ0) is 20.2. The lowest BCUT2D eigenvalue weighted by Gasteiger charge is -2.17. The molecule has 2 N–H and O–H groups in total. The van der Waals surface area contributed by atoms with Crippen LogP contribution in [-0.4, -0.2) is 34.6 Å². The number of carbonyl (C=O) groups is 1. The average Bonchev–Trinajstić information content (AvgIpc) is 2.61. The summed E-state index contributed by atoms with van der Waals surface area (Å²) < 4.78 is 38.0. The Morgan fingerprint density at radius 1 is 1.07 bits per heavy atom. The topological polar surface area (TPSA) is 93.7 Å². The molecule has 2 aromatic carbocycles. The number of ether oxygens (including phenoxy) is 2. The molecule has 7 nitrogen and oxygen atoms in total. The second-order valence-corrected chi connectivity index (χ2v) is 7.95. The third kappa shape index (κ3) is 5.12. The zero-order valence-corrected chi connectivity index (χ0v) is 16.9. The minimum absolute atomic E-state index is 0.0370. The van der Waals surface area contributed by atoms with Crippen LogP contribution in [0.4, 0.5) is 5.69 Å². The molecule has 9 heteroatoms. The molecule has 0 unspecified atom stereocenters. The standard InChI is InChI=1S/C18H21ClN2O5S/c1-11-5-7-16(26-4)17(9-11)27(23,24)21-12(2)18(22)20-14-10-13(19)6-8-15(14)25-3/h5-10,12,21H,1-4H3,(H,20,22)/t12-/m0/s1. The predicted octanol–water partition coefficient (Wildman–Crippen LogP) is 2.97. The molecule has 0 radical (unpaired) electrons. The number of hydrogen-bond donors (Lipinski definition) is 2. The van der Waals surface area contributed by atoms with E-state index in [1.165, 1.54) is 33.3 Å². The molecule has 2 aromatic rings. The summed E-state index contributed by atoms with van der Waals surface area (Å²) in [4.78, 5) is 12.4. The van der Waals surface area contributed by atoms with Crippen molar-refractivity contribution < 1.29 is 22.7 Å². The number of anilines is 1. The maximum absolute atomic E-state index is 12.7. The van der Waals surface area contributed by atoms with Crippen molar-refractivity contribution in [3.8, 4) is 11.5 Å². The third-order valence-corrected chi connectivity index (χ3v) is 5.55. The number of carbonyl (C=O) groups excluding carboxylic acids is 1. The summed E-state index contributed by atoms with van der Waals surface area (Å²) >= 11 is 5.94. The molecule has 27 heavy (non-hydrogen) atoms. The Labute approximate surface area is 163 Å². The molecule has 0 heterocycles. The first-order chi connectivity index (χ1) is 12.7. The van der Waals surface area contributed by atoms with E-state index in [0.29, 0.717) is 16.5 Å². The Morgan fingerprint density at radius 2 is 1.70 bits per heavy atom. The molecule has 2 rings (SSSR count). The SMILES string of the molecule is COc1ccc(Cl)cc1NC(=O)[C@H](C)NS(=O)(=O)c1cc(C)ccc1OC. The van der Waals surface area contributed by atoms with Crippen LogP contribution in [0, 0.1) is 6.92 Å². The minimum atomic E-state index is -3.98. The Balaban J connectivity index is 2.21. The van der Waals surface area contributed by atoms with Crippen LogP contribution < -0.4 is 19.5 Å². The lowest BCUT2D eigenvalue weighted by atomic mass is 10.2. The van der Waals surface area contributed by atoms with Gasteiger partial charge in [0.25, 0.3) is 0 Å². The number of aryl methyl sites for hydroxylation is 1. The number of halogens is 1. The van der Waals surface area contributed by atoms with Crippen LogP contribution in [0.3, 0.4) is 0 Å². The van der Waals surface area contributed by atoms with Crippen molar-refractivity contribution in [2.24, 2.45) is 0 Å². The van der Waals surface area contributed by atoms with Gasteiger partial charge in [-0.2, -0.15) is 4.72 Å². The summed E-state index contributed by atoms with van der Waals surface area (Å²) in [6.45, 7) is 3.20. The van der Waals surface area contributed by atoms with Gasteiger partial charge in [0, 0.05) is 5.02 Å². The molecule has 0 saturated heterocycles. The highest BCUT2D eigenvalue weighted by Crippen LogP contribution is 2.28. The third-order valence-electron chi connectivity index (χ3n) is 3.75. The molecule has 0 spiro atoms. The maximum Gasteiger partial charge on any atom is 0.244 e. The van der Waals surface area contributed by atoms with Gasteiger partial charge in [-0.3, -0.25) is 4.79 Å². The van der Waals surface area contributed by atoms with E-state index in [1.807, 2.05) is 0 Å². The van der Waals surface area contributed by atoms with Crippen molar-refractivity contribution >= 4 is 33.2 Å². The summed E-state index contributed by atoms with van der Waals surface area (Å²) in [7, 11) is -1.15. The van der Waals surface area contributed by atoms with Crippen molar-refractivity contribution in [2.75, 3.05) is 19.5 Å². The van der Waals surface area contributed by atoms with Gasteiger partial charge in [-0.25, -0.2) is 8.42 Å². The second-order valence-electron chi connectivity index (χ2n) is 5.83. The highest BCUT2D eigenvalue weighted by Gasteiger charge is 2.25. The number of rotatable bonds is 7. The van der Waals surface area contributed by atoms with Gasteiger partial charge < -0.3 is 14.8 Å². The van der Waals surface area contributed by atoms with Gasteiger partial charge in [-0.1, -0.05) is 17.7 Å². The summed E-state index contributed by atoms with van der Waals surface area (Å²) in [5.74, 6) is 0.0335. The Kier molecular flexibility index (Phi) is 6.69. The van der Waals surface area contributed by atoms with Gasteiger partial charge in [0.15, 0.2) is 0 Å². The van der Waals surface area contributed by atoms with E-state index < -0.39 is 22.0 Å². The first-order valence-electron chi connectivity index (χ1n) is 7.99. The lowest BCUT2D eigenvalue weighted by Crippen LogP contribution is -2.41. The van der Waals surface area contributed by atoms with Gasteiger partial charge in [0.2, 0.25) is 15.9 Å². The van der Waals surface area contributed by atoms with Crippen LogP contribution in [0.15, 0.2) is 41.3 Å². The number of sulfonamides is 1. The molecule has 0 aliphatic carbocycles. The normalized spacial score (nSPS) is 12.3. The van der Waals surface area contributed by atoms with Crippen LogP contribution in [-0.2, 0) is 14.8 Å². The smallest absolute Gasteiger partial charge is 0.244 e.